The van der Waals surface area contributed by atoms with Gasteiger partial charge in [-0.3, -0.25) is 4.79 Å². The van der Waals surface area contributed by atoms with E-state index in [1.165, 1.54) is 32.3 Å². The number of carboxylic acid groups (broad SMARTS) is 1. The Morgan fingerprint density at radius 2 is 1.80 bits per heavy atom. The van der Waals surface area contributed by atoms with Gasteiger partial charge in [0, 0.05) is 24.7 Å². The molecule has 0 aliphatic carbocycles. The second kappa shape index (κ2) is 6.95. The Morgan fingerprint density at radius 3 is 2.36 bits per heavy atom. The number of carboxylic acids is 1. The first kappa shape index (κ1) is 19.1. The van der Waals surface area contributed by atoms with Crippen molar-refractivity contribution in [3.63, 3.8) is 0 Å². The molecule has 1 amide bonds. The van der Waals surface area contributed by atoms with Gasteiger partial charge in [0.15, 0.2) is 0 Å². The second-order valence-corrected chi connectivity index (χ2v) is 8.97. The maximum Gasteiger partial charge on any atom is 0.265 e. The largest absolute Gasteiger partial charge is 0.545 e. The molecule has 0 atom stereocenters. The van der Waals surface area contributed by atoms with Crippen LogP contribution in [0.5, 0.6) is 0 Å². The highest BCUT2D eigenvalue weighted by Gasteiger charge is 2.24. The molecule has 0 radical (unpaired) electrons. The Bertz CT molecular complexity index is 945. The molecule has 2 rings (SSSR count). The van der Waals surface area contributed by atoms with E-state index in [2.05, 4.69) is 5.32 Å². The number of rotatable bonds is 5. The molecule has 0 aliphatic rings. The third-order valence-electron chi connectivity index (χ3n) is 3.58. The molecule has 0 unspecified atom stereocenters. The van der Waals surface area contributed by atoms with Crippen LogP contribution >= 0.6 is 11.3 Å². The van der Waals surface area contributed by atoms with Gasteiger partial charge in [-0.25, -0.2) is 12.7 Å². The van der Waals surface area contributed by atoms with Crippen LogP contribution in [-0.4, -0.2) is 38.7 Å². The van der Waals surface area contributed by atoms with Gasteiger partial charge >= 0.3 is 0 Å². The van der Waals surface area contributed by atoms with Crippen molar-refractivity contribution in [1.82, 2.24) is 4.31 Å². The summed E-state index contributed by atoms with van der Waals surface area (Å²) in [5.74, 6) is -1.85. The van der Waals surface area contributed by atoms with E-state index < -0.39 is 21.9 Å². The molecule has 1 heterocycles. The van der Waals surface area contributed by atoms with Gasteiger partial charge in [0.2, 0.25) is 10.0 Å². The molecule has 0 bridgehead atoms. The minimum absolute atomic E-state index is 0.0564. The lowest BCUT2D eigenvalue weighted by Gasteiger charge is -2.11. The molecule has 134 valence electrons. The number of hydrogen-bond donors (Lipinski definition) is 1. The number of aryl methyl sites for hydroxylation is 2. The number of carbonyl (C=O) groups excluding carboxylic acids is 2. The summed E-state index contributed by atoms with van der Waals surface area (Å²) in [5.41, 5.74) is 0.946. The molecule has 0 saturated heterocycles. The minimum atomic E-state index is -3.64. The number of nitrogens with one attached hydrogen (secondary N) is 1. The quantitative estimate of drug-likeness (QED) is 0.838. The van der Waals surface area contributed by atoms with Gasteiger partial charge < -0.3 is 15.2 Å². The van der Waals surface area contributed by atoms with Crippen molar-refractivity contribution in [2.75, 3.05) is 19.4 Å². The maximum absolute atomic E-state index is 12.4. The molecular weight excluding hydrogens is 364 g/mol. The van der Waals surface area contributed by atoms with Gasteiger partial charge in [-0.05, 0) is 37.1 Å². The van der Waals surface area contributed by atoms with Gasteiger partial charge in [0.05, 0.1) is 15.7 Å². The van der Waals surface area contributed by atoms with E-state index >= 15 is 0 Å². The molecule has 1 aromatic heterocycles. The first-order valence-corrected chi connectivity index (χ1v) is 9.46. The summed E-state index contributed by atoms with van der Waals surface area (Å²) in [7, 11) is -0.806. The molecule has 0 fully saturated rings. The fraction of sp³-hybridized carbons (Fsp3) is 0.250. The van der Waals surface area contributed by atoms with E-state index in [0.717, 1.165) is 15.6 Å². The molecule has 9 heteroatoms. The molecule has 1 N–H and O–H groups in total. The standard InChI is InChI=1S/C16H18N2O5S2/c1-9-5-6-11(16(20)21)7-12(9)17-15(19)13-8-14(10(2)24-13)25(22,23)18(3)4/h5-8H,1-4H3,(H,17,19)(H,20,21)/p-1. The molecule has 0 spiro atoms. The van der Waals surface area contributed by atoms with Gasteiger partial charge in [-0.15, -0.1) is 11.3 Å². The van der Waals surface area contributed by atoms with Gasteiger partial charge in [-0.1, -0.05) is 12.1 Å². The van der Waals surface area contributed by atoms with Crippen LogP contribution in [0.1, 0.15) is 30.5 Å². The first-order chi connectivity index (χ1) is 11.5. The number of sulfonamides is 1. The summed E-state index contributed by atoms with van der Waals surface area (Å²) in [5, 5.41) is 13.6. The van der Waals surface area contributed by atoms with Crippen molar-refractivity contribution in [2.24, 2.45) is 0 Å². The Morgan fingerprint density at radius 1 is 1.16 bits per heavy atom. The molecular formula is C16H17N2O5S2-. The third kappa shape index (κ3) is 3.89. The highest BCUT2D eigenvalue weighted by atomic mass is 32.2. The maximum atomic E-state index is 12.4. The Kier molecular flexibility index (Phi) is 5.31. The number of nitrogens with zero attached hydrogens (tertiary/aromatic N) is 1. The number of hydrogen-bond acceptors (Lipinski definition) is 6. The van der Waals surface area contributed by atoms with Gasteiger partial charge in [0.1, 0.15) is 0 Å². The first-order valence-electron chi connectivity index (χ1n) is 7.20. The second-order valence-electron chi connectivity index (χ2n) is 5.59. The van der Waals surface area contributed by atoms with Gasteiger partial charge in [0.25, 0.3) is 5.91 Å². The number of carbonyl (C=O) groups is 2. The zero-order valence-electron chi connectivity index (χ0n) is 14.1. The normalized spacial score (nSPS) is 11.6. The molecule has 25 heavy (non-hydrogen) atoms. The zero-order chi connectivity index (χ0) is 18.9. The summed E-state index contributed by atoms with van der Waals surface area (Å²) in [4.78, 5) is 24.2. The van der Waals surface area contributed by atoms with Crippen LogP contribution in [0, 0.1) is 13.8 Å². The zero-order valence-corrected chi connectivity index (χ0v) is 15.7. The molecule has 0 saturated carbocycles. The van der Waals surface area contributed by atoms with E-state index in [9.17, 15) is 23.1 Å². The van der Waals surface area contributed by atoms with Crippen LogP contribution < -0.4 is 10.4 Å². The average Bonchev–Trinajstić information content (AvgIpc) is 2.91. The summed E-state index contributed by atoms with van der Waals surface area (Å²) < 4.78 is 25.6. The van der Waals surface area contributed by atoms with Crippen molar-refractivity contribution in [3.8, 4) is 0 Å². The van der Waals surface area contributed by atoms with E-state index in [0.29, 0.717) is 16.1 Å². The van der Waals surface area contributed by atoms with Gasteiger partial charge in [-0.2, -0.15) is 0 Å². The Balaban J connectivity index is 2.35. The van der Waals surface area contributed by atoms with E-state index in [1.54, 1.807) is 19.9 Å². The number of benzene rings is 1. The fourth-order valence-corrected chi connectivity index (χ4v) is 4.45. The number of aromatic carboxylic acids is 1. The number of amides is 1. The summed E-state index contributed by atoms with van der Waals surface area (Å²) in [6.07, 6.45) is 0. The highest BCUT2D eigenvalue weighted by molar-refractivity contribution is 7.89. The van der Waals surface area contributed by atoms with Crippen molar-refractivity contribution >= 4 is 38.9 Å². The predicted octanol–water partition coefficient (Wildman–Crippen LogP) is 1.23. The molecule has 1 aromatic carbocycles. The smallest absolute Gasteiger partial charge is 0.265 e. The summed E-state index contributed by atoms with van der Waals surface area (Å²) >= 11 is 1.06. The fourth-order valence-electron chi connectivity index (χ4n) is 2.10. The monoisotopic (exact) mass is 381 g/mol. The van der Waals surface area contributed by atoms with Crippen LogP contribution in [-0.2, 0) is 10.0 Å². The van der Waals surface area contributed by atoms with Crippen LogP contribution in [0.15, 0.2) is 29.2 Å². The minimum Gasteiger partial charge on any atom is -0.545 e. The van der Waals surface area contributed by atoms with Crippen LogP contribution in [0.2, 0.25) is 0 Å². The topological polar surface area (TPSA) is 107 Å². The van der Waals surface area contributed by atoms with E-state index in [4.69, 9.17) is 0 Å². The lowest BCUT2D eigenvalue weighted by atomic mass is 10.1. The molecule has 0 aliphatic heterocycles. The van der Waals surface area contributed by atoms with Crippen LogP contribution in [0.25, 0.3) is 0 Å². The van der Waals surface area contributed by atoms with E-state index in [-0.39, 0.29) is 15.3 Å². The third-order valence-corrected chi connectivity index (χ3v) is 6.70. The summed E-state index contributed by atoms with van der Waals surface area (Å²) in [6, 6.07) is 5.57. The average molecular weight is 381 g/mol. The van der Waals surface area contributed by atoms with Crippen molar-refractivity contribution < 1.29 is 23.1 Å². The highest BCUT2D eigenvalue weighted by Crippen LogP contribution is 2.28. The number of anilines is 1. The van der Waals surface area contributed by atoms with Crippen molar-refractivity contribution in [1.29, 1.82) is 0 Å². The predicted molar refractivity (Wildman–Crippen MR) is 93.4 cm³/mol. The molecule has 7 nitrogen and oxygen atoms in total. The van der Waals surface area contributed by atoms with Crippen LogP contribution in [0.4, 0.5) is 5.69 Å². The van der Waals surface area contributed by atoms with E-state index in [1.807, 2.05) is 0 Å². The Labute approximate surface area is 150 Å². The van der Waals surface area contributed by atoms with Crippen molar-refractivity contribution in [2.45, 2.75) is 18.7 Å². The lowest BCUT2D eigenvalue weighted by molar-refractivity contribution is -0.255. The van der Waals surface area contributed by atoms with Crippen molar-refractivity contribution in [3.05, 3.63) is 45.1 Å². The van der Waals surface area contributed by atoms with Crippen LogP contribution in [0.3, 0.4) is 0 Å². The molecule has 2 aromatic rings. The SMILES string of the molecule is Cc1ccc(C(=O)[O-])cc1NC(=O)c1cc(S(=O)(=O)N(C)C)c(C)s1. The lowest BCUT2D eigenvalue weighted by Crippen LogP contribution is -2.23. The Hall–Kier alpha value is -2.23. The summed E-state index contributed by atoms with van der Waals surface area (Å²) in [6.45, 7) is 3.34. The number of thiophene rings is 1.